The maximum Gasteiger partial charge on any atom is -0.0105 e. The van der Waals surface area contributed by atoms with Crippen molar-refractivity contribution >= 4 is 0 Å². The SMILES string of the molecule is CC1(C)CC1c1ccc(C2CC2)cc1. The summed E-state index contributed by atoms with van der Waals surface area (Å²) in [4.78, 5) is 0. The molecule has 0 bridgehead atoms. The molecule has 2 saturated carbocycles. The molecule has 74 valence electrons. The van der Waals surface area contributed by atoms with E-state index in [1.807, 2.05) is 0 Å². The van der Waals surface area contributed by atoms with Crippen molar-refractivity contribution in [3.63, 3.8) is 0 Å². The molecule has 1 unspecified atom stereocenters. The Hall–Kier alpha value is -0.780. The van der Waals surface area contributed by atoms with Gasteiger partial charge >= 0.3 is 0 Å². The zero-order valence-electron chi connectivity index (χ0n) is 9.09. The number of benzene rings is 1. The first-order chi connectivity index (χ1) is 6.67. The van der Waals surface area contributed by atoms with Gasteiger partial charge in [-0.1, -0.05) is 38.1 Å². The van der Waals surface area contributed by atoms with Gasteiger partial charge in [0.1, 0.15) is 0 Å². The lowest BCUT2D eigenvalue weighted by atomic mass is 10.0. The molecule has 0 heteroatoms. The Morgan fingerprint density at radius 1 is 1.00 bits per heavy atom. The van der Waals surface area contributed by atoms with Crippen LogP contribution in [0.15, 0.2) is 24.3 Å². The minimum absolute atomic E-state index is 0.571. The summed E-state index contributed by atoms with van der Waals surface area (Å²) in [6, 6.07) is 9.41. The van der Waals surface area contributed by atoms with Gasteiger partial charge in [0.15, 0.2) is 0 Å². The highest BCUT2D eigenvalue weighted by molar-refractivity contribution is 5.33. The Kier molecular flexibility index (Phi) is 1.60. The maximum absolute atomic E-state index is 2.37. The van der Waals surface area contributed by atoms with Gasteiger partial charge < -0.3 is 0 Å². The smallest absolute Gasteiger partial charge is 0.0105 e. The number of hydrogen-bond acceptors (Lipinski definition) is 0. The molecule has 0 N–H and O–H groups in total. The van der Waals surface area contributed by atoms with Gasteiger partial charge in [-0.3, -0.25) is 0 Å². The van der Waals surface area contributed by atoms with E-state index in [9.17, 15) is 0 Å². The van der Waals surface area contributed by atoms with Crippen molar-refractivity contribution in [1.82, 2.24) is 0 Å². The average Bonchev–Trinajstić information content (AvgIpc) is 3.02. The van der Waals surface area contributed by atoms with E-state index in [0.29, 0.717) is 5.41 Å². The second-order valence-electron chi connectivity index (χ2n) is 5.69. The molecule has 1 aromatic rings. The lowest BCUT2D eigenvalue weighted by molar-refractivity contribution is 0.621. The van der Waals surface area contributed by atoms with Crippen LogP contribution in [0, 0.1) is 5.41 Å². The van der Waals surface area contributed by atoms with E-state index >= 15 is 0 Å². The van der Waals surface area contributed by atoms with Crippen LogP contribution in [0.1, 0.15) is 56.1 Å². The lowest BCUT2D eigenvalue weighted by Crippen LogP contribution is -1.90. The predicted molar refractivity (Wildman–Crippen MR) is 59.6 cm³/mol. The first kappa shape index (κ1) is 8.52. The summed E-state index contributed by atoms with van der Waals surface area (Å²) in [7, 11) is 0. The average molecular weight is 186 g/mol. The third-order valence-electron chi connectivity index (χ3n) is 3.90. The van der Waals surface area contributed by atoms with Crippen LogP contribution < -0.4 is 0 Å². The van der Waals surface area contributed by atoms with Crippen molar-refractivity contribution < 1.29 is 0 Å². The van der Waals surface area contributed by atoms with Crippen molar-refractivity contribution in [2.45, 2.75) is 44.9 Å². The van der Waals surface area contributed by atoms with Gasteiger partial charge in [-0.15, -0.1) is 0 Å². The Morgan fingerprint density at radius 2 is 1.50 bits per heavy atom. The van der Waals surface area contributed by atoms with E-state index in [-0.39, 0.29) is 0 Å². The zero-order chi connectivity index (χ0) is 9.76. The van der Waals surface area contributed by atoms with E-state index < -0.39 is 0 Å². The number of hydrogen-bond donors (Lipinski definition) is 0. The Bertz CT molecular complexity index is 341. The van der Waals surface area contributed by atoms with Gasteiger partial charge in [-0.25, -0.2) is 0 Å². The van der Waals surface area contributed by atoms with Crippen molar-refractivity contribution in [3.8, 4) is 0 Å². The van der Waals surface area contributed by atoms with Crippen LogP contribution in [0.3, 0.4) is 0 Å². The second-order valence-corrected chi connectivity index (χ2v) is 5.69. The summed E-state index contributed by atoms with van der Waals surface area (Å²) >= 11 is 0. The fourth-order valence-corrected chi connectivity index (χ4v) is 2.45. The van der Waals surface area contributed by atoms with Gasteiger partial charge in [-0.2, -0.15) is 0 Å². The Morgan fingerprint density at radius 3 is 1.93 bits per heavy atom. The third kappa shape index (κ3) is 1.37. The minimum Gasteiger partial charge on any atom is -0.0593 e. The summed E-state index contributed by atoms with van der Waals surface area (Å²) in [5.74, 6) is 1.73. The zero-order valence-corrected chi connectivity index (χ0v) is 9.09. The maximum atomic E-state index is 2.37. The molecule has 0 radical (unpaired) electrons. The van der Waals surface area contributed by atoms with Gasteiger partial charge in [-0.05, 0) is 47.6 Å². The monoisotopic (exact) mass is 186 g/mol. The fraction of sp³-hybridized carbons (Fsp3) is 0.571. The first-order valence-electron chi connectivity index (χ1n) is 5.77. The fourth-order valence-electron chi connectivity index (χ4n) is 2.45. The number of rotatable bonds is 2. The molecule has 0 nitrogen and oxygen atoms in total. The van der Waals surface area contributed by atoms with Crippen molar-refractivity contribution in [2.24, 2.45) is 5.41 Å². The molecule has 2 aliphatic carbocycles. The normalized spacial score (nSPS) is 28.9. The van der Waals surface area contributed by atoms with E-state index in [1.54, 1.807) is 11.1 Å². The summed E-state index contributed by atoms with van der Waals surface area (Å²) in [6.07, 6.45) is 4.19. The molecule has 0 heterocycles. The topological polar surface area (TPSA) is 0 Å². The molecule has 0 amide bonds. The molecule has 14 heavy (non-hydrogen) atoms. The van der Waals surface area contributed by atoms with Crippen LogP contribution in [0.4, 0.5) is 0 Å². The Labute approximate surface area is 86.3 Å². The molecule has 2 aliphatic rings. The van der Waals surface area contributed by atoms with E-state index in [2.05, 4.69) is 38.1 Å². The largest absolute Gasteiger partial charge is 0.0593 e. The van der Waals surface area contributed by atoms with Gasteiger partial charge in [0.05, 0.1) is 0 Å². The van der Waals surface area contributed by atoms with Crippen LogP contribution in [0.25, 0.3) is 0 Å². The van der Waals surface area contributed by atoms with Crippen LogP contribution >= 0.6 is 0 Å². The third-order valence-corrected chi connectivity index (χ3v) is 3.90. The summed E-state index contributed by atoms with van der Waals surface area (Å²) in [5, 5.41) is 0. The molecule has 0 aromatic heterocycles. The van der Waals surface area contributed by atoms with E-state index in [1.165, 1.54) is 19.3 Å². The second kappa shape index (κ2) is 2.62. The first-order valence-corrected chi connectivity index (χ1v) is 5.77. The highest BCUT2D eigenvalue weighted by atomic mass is 14.5. The highest BCUT2D eigenvalue weighted by Crippen LogP contribution is 2.58. The van der Waals surface area contributed by atoms with Crippen LogP contribution in [-0.4, -0.2) is 0 Å². The molecule has 0 aliphatic heterocycles. The molecular formula is C14H18. The molecule has 1 aromatic carbocycles. The van der Waals surface area contributed by atoms with Crippen LogP contribution in [-0.2, 0) is 0 Å². The van der Waals surface area contributed by atoms with E-state index in [0.717, 1.165) is 11.8 Å². The summed E-state index contributed by atoms with van der Waals surface area (Å²) in [6.45, 7) is 4.74. The van der Waals surface area contributed by atoms with Crippen molar-refractivity contribution in [3.05, 3.63) is 35.4 Å². The lowest BCUT2D eigenvalue weighted by Gasteiger charge is -2.04. The predicted octanol–water partition coefficient (Wildman–Crippen LogP) is 4.08. The molecule has 0 spiro atoms. The summed E-state index contributed by atoms with van der Waals surface area (Å²) in [5.41, 5.74) is 3.69. The van der Waals surface area contributed by atoms with Crippen LogP contribution in [0.2, 0.25) is 0 Å². The van der Waals surface area contributed by atoms with Gasteiger partial charge in [0, 0.05) is 0 Å². The molecule has 3 rings (SSSR count). The highest BCUT2D eigenvalue weighted by Gasteiger charge is 2.46. The van der Waals surface area contributed by atoms with Crippen molar-refractivity contribution in [1.29, 1.82) is 0 Å². The molecule has 2 fully saturated rings. The van der Waals surface area contributed by atoms with Crippen LogP contribution in [0.5, 0.6) is 0 Å². The summed E-state index contributed by atoms with van der Waals surface area (Å²) < 4.78 is 0. The Balaban J connectivity index is 1.81. The quantitative estimate of drug-likeness (QED) is 0.653. The molecule has 1 atom stereocenters. The minimum atomic E-state index is 0.571. The molecule has 0 saturated heterocycles. The molecular weight excluding hydrogens is 168 g/mol. The standard InChI is InChI=1S/C14H18/c1-14(2)9-13(14)12-7-5-11(6-8-12)10-3-4-10/h5-8,10,13H,3-4,9H2,1-2H3. The van der Waals surface area contributed by atoms with Crippen molar-refractivity contribution in [2.75, 3.05) is 0 Å². The van der Waals surface area contributed by atoms with Gasteiger partial charge in [0.2, 0.25) is 0 Å². The van der Waals surface area contributed by atoms with Gasteiger partial charge in [0.25, 0.3) is 0 Å². The van der Waals surface area contributed by atoms with E-state index in [4.69, 9.17) is 0 Å².